The summed E-state index contributed by atoms with van der Waals surface area (Å²) in [6.45, 7) is 5.73. The summed E-state index contributed by atoms with van der Waals surface area (Å²) in [5.74, 6) is 1.13. The Labute approximate surface area is 277 Å². The minimum atomic E-state index is -0.431. The van der Waals surface area contributed by atoms with E-state index in [2.05, 4.69) is 38.7 Å². The summed E-state index contributed by atoms with van der Waals surface area (Å²) < 4.78 is 0. The van der Waals surface area contributed by atoms with Gasteiger partial charge in [0.05, 0.1) is 5.92 Å². The van der Waals surface area contributed by atoms with Gasteiger partial charge >= 0.3 is 6.03 Å². The third-order valence-corrected chi connectivity index (χ3v) is 11.3. The number of hydrogen-bond donors (Lipinski definition) is 2. The van der Waals surface area contributed by atoms with Gasteiger partial charge in [0.1, 0.15) is 11.0 Å². The molecule has 250 valence electrons. The Morgan fingerprint density at radius 2 is 1.51 bits per heavy atom. The van der Waals surface area contributed by atoms with Crippen molar-refractivity contribution in [1.29, 1.82) is 0 Å². The molecular weight excluding hydrogens is 592 g/mol. The van der Waals surface area contributed by atoms with Gasteiger partial charge in [0, 0.05) is 50.9 Å². The molecule has 0 spiro atoms. The lowest BCUT2D eigenvalue weighted by Gasteiger charge is -2.40. The van der Waals surface area contributed by atoms with Crippen LogP contribution in [0.4, 0.5) is 10.5 Å². The summed E-state index contributed by atoms with van der Waals surface area (Å²) in [6.07, 6.45) is 7.58. The van der Waals surface area contributed by atoms with Gasteiger partial charge in [-0.2, -0.15) is 15.4 Å². The Morgan fingerprint density at radius 3 is 2.28 bits per heavy atom. The molecule has 4 aliphatic heterocycles. The molecule has 0 saturated carbocycles. The van der Waals surface area contributed by atoms with E-state index in [0.717, 1.165) is 79.0 Å². The second-order valence-corrected chi connectivity index (χ2v) is 14.2. The molecule has 4 aliphatic rings. The highest BCUT2D eigenvalue weighted by Gasteiger charge is 2.36. The van der Waals surface area contributed by atoms with Gasteiger partial charge < -0.3 is 24.9 Å². The zero-order valence-corrected chi connectivity index (χ0v) is 27.6. The first kappa shape index (κ1) is 31.6. The van der Waals surface area contributed by atoms with Crippen molar-refractivity contribution < 1.29 is 14.4 Å². The molecule has 0 radical (unpaired) electrons. The normalized spacial score (nSPS) is 21.4. The predicted molar refractivity (Wildman–Crippen MR) is 181 cm³/mol. The number of aromatic nitrogens is 3. The Kier molecular flexibility index (Phi) is 9.42. The second-order valence-electron chi connectivity index (χ2n) is 14.2. The average Bonchev–Trinajstić information content (AvgIpc) is 3.50. The van der Waals surface area contributed by atoms with E-state index in [1.165, 1.54) is 25.9 Å². The quantitative estimate of drug-likeness (QED) is 0.401. The van der Waals surface area contributed by atoms with Crippen LogP contribution in [0.3, 0.4) is 0 Å². The lowest BCUT2D eigenvalue weighted by atomic mass is 9.78. The molecule has 0 aliphatic carbocycles. The topological polar surface area (TPSA) is 118 Å². The molecule has 47 heavy (non-hydrogen) atoms. The zero-order valence-electron chi connectivity index (χ0n) is 27.6. The maximum Gasteiger partial charge on any atom is 0.322 e. The van der Waals surface area contributed by atoms with Gasteiger partial charge in [0.25, 0.3) is 0 Å². The van der Waals surface area contributed by atoms with Crippen LogP contribution < -0.4 is 5.32 Å². The number of rotatable bonds is 7. The van der Waals surface area contributed by atoms with Crippen LogP contribution in [-0.2, 0) is 22.4 Å². The average molecular weight is 641 g/mol. The second kappa shape index (κ2) is 14.0. The monoisotopic (exact) mass is 640 g/mol. The Hall–Kier alpha value is -3.99. The number of amides is 4. The molecule has 5 heterocycles. The first-order valence-corrected chi connectivity index (χ1v) is 17.6. The summed E-state index contributed by atoms with van der Waals surface area (Å²) >= 11 is 0. The number of carbonyl (C=O) groups excluding carboxylic acids is 3. The van der Waals surface area contributed by atoms with E-state index < -0.39 is 5.92 Å². The van der Waals surface area contributed by atoms with Crippen molar-refractivity contribution in [3.63, 3.8) is 0 Å². The molecule has 7 rings (SSSR count). The lowest BCUT2D eigenvalue weighted by molar-refractivity contribution is -0.143. The molecule has 11 heteroatoms. The number of carbonyl (C=O) groups is 3. The van der Waals surface area contributed by atoms with Crippen LogP contribution in [0.15, 0.2) is 42.5 Å². The predicted octanol–water partition coefficient (Wildman–Crippen LogP) is 4.17. The molecule has 4 amide bonds. The van der Waals surface area contributed by atoms with Gasteiger partial charge in [-0.05, 0) is 113 Å². The number of nitrogens with one attached hydrogen (secondary N) is 2. The number of benzene rings is 2. The molecule has 3 aromatic rings. The molecule has 1 aromatic heterocycles. The van der Waals surface area contributed by atoms with E-state index in [1.54, 1.807) is 0 Å². The van der Waals surface area contributed by atoms with Crippen molar-refractivity contribution in [1.82, 2.24) is 35.0 Å². The number of anilines is 1. The molecule has 1 atom stereocenters. The zero-order chi connectivity index (χ0) is 32.3. The maximum absolute atomic E-state index is 14.1. The Morgan fingerprint density at radius 1 is 0.830 bits per heavy atom. The maximum atomic E-state index is 14.1. The van der Waals surface area contributed by atoms with Crippen LogP contribution in [0.2, 0.25) is 0 Å². The molecule has 0 bridgehead atoms. The highest BCUT2D eigenvalue weighted by molar-refractivity contribution is 5.91. The van der Waals surface area contributed by atoms with E-state index >= 15 is 0 Å². The summed E-state index contributed by atoms with van der Waals surface area (Å²) in [6, 6.07) is 13.9. The number of fused-ring (bicyclic) bond motifs is 2. The van der Waals surface area contributed by atoms with Crippen LogP contribution >= 0.6 is 0 Å². The summed E-state index contributed by atoms with van der Waals surface area (Å²) in [7, 11) is 2.20. The molecule has 2 aromatic carbocycles. The molecule has 3 fully saturated rings. The SMILES string of the molecule is CN1CCC(C2CCN(C(=O)C(CC(=O)N3CCC(N4CCc5ccccc5NC4=O)CC3)Cc3ccc4n[nH]nc4c3)CC2)CC1. The van der Waals surface area contributed by atoms with Crippen molar-refractivity contribution in [3.8, 4) is 0 Å². The third kappa shape index (κ3) is 7.15. The number of nitrogens with zero attached hydrogens (tertiary/aromatic N) is 6. The van der Waals surface area contributed by atoms with Crippen LogP contribution in [0.25, 0.3) is 11.0 Å². The van der Waals surface area contributed by atoms with Crippen LogP contribution in [0, 0.1) is 17.8 Å². The first-order chi connectivity index (χ1) is 22.9. The summed E-state index contributed by atoms with van der Waals surface area (Å²) in [5.41, 5.74) is 4.58. The number of piperidine rings is 3. The molecule has 1 unspecified atom stereocenters. The fourth-order valence-electron chi connectivity index (χ4n) is 8.40. The van der Waals surface area contributed by atoms with Crippen LogP contribution in [0.5, 0.6) is 0 Å². The fourth-order valence-corrected chi connectivity index (χ4v) is 8.40. The number of para-hydroxylation sites is 1. The molecule has 11 nitrogen and oxygen atoms in total. The molecule has 3 saturated heterocycles. The van der Waals surface area contributed by atoms with Crippen molar-refractivity contribution in [2.75, 3.05) is 58.2 Å². The number of hydrogen-bond acceptors (Lipinski definition) is 6. The first-order valence-electron chi connectivity index (χ1n) is 17.6. The lowest BCUT2D eigenvalue weighted by Crippen LogP contribution is -2.50. The van der Waals surface area contributed by atoms with Gasteiger partial charge in [0.15, 0.2) is 0 Å². The van der Waals surface area contributed by atoms with E-state index in [1.807, 2.05) is 51.1 Å². The fraction of sp³-hybridized carbons (Fsp3) is 0.583. The highest BCUT2D eigenvalue weighted by Crippen LogP contribution is 2.33. The smallest absolute Gasteiger partial charge is 0.322 e. The molecule has 2 N–H and O–H groups in total. The third-order valence-electron chi connectivity index (χ3n) is 11.3. The van der Waals surface area contributed by atoms with Gasteiger partial charge in [-0.1, -0.05) is 24.3 Å². The van der Waals surface area contributed by atoms with Crippen molar-refractivity contribution in [2.45, 2.75) is 63.8 Å². The number of aromatic amines is 1. The van der Waals surface area contributed by atoms with Crippen molar-refractivity contribution in [2.24, 2.45) is 17.8 Å². The van der Waals surface area contributed by atoms with Crippen molar-refractivity contribution >= 4 is 34.6 Å². The van der Waals surface area contributed by atoms with Gasteiger partial charge in [0.2, 0.25) is 11.8 Å². The standard InChI is InChI=1S/C36H48N8O3/c1-41-15-8-26(9-16-41)27-10-17-43(18-11-27)35(46)29(22-25-6-7-32-33(23-25)39-40-38-32)24-34(45)42-19-13-30(14-20-42)44-21-12-28-4-2-3-5-31(28)37-36(44)47/h2-7,23,26-27,29-30H,8-22,24H2,1H3,(H,37,47)(H,38,39,40). The summed E-state index contributed by atoms with van der Waals surface area (Å²) in [4.78, 5) is 49.4. The van der Waals surface area contributed by atoms with Gasteiger partial charge in [-0.25, -0.2) is 4.79 Å². The number of H-pyrrole nitrogens is 1. The van der Waals surface area contributed by atoms with E-state index in [9.17, 15) is 14.4 Å². The van der Waals surface area contributed by atoms with E-state index in [-0.39, 0.29) is 30.3 Å². The molecular formula is C36H48N8O3. The van der Waals surface area contributed by atoms with Crippen molar-refractivity contribution in [3.05, 3.63) is 53.6 Å². The van der Waals surface area contributed by atoms with Gasteiger partial charge in [-0.15, -0.1) is 0 Å². The Bertz CT molecular complexity index is 1570. The largest absolute Gasteiger partial charge is 0.343 e. The highest BCUT2D eigenvalue weighted by atomic mass is 16.2. The van der Waals surface area contributed by atoms with E-state index in [4.69, 9.17) is 0 Å². The van der Waals surface area contributed by atoms with E-state index in [0.29, 0.717) is 32.0 Å². The minimum Gasteiger partial charge on any atom is -0.343 e. The van der Waals surface area contributed by atoms with Gasteiger partial charge in [-0.3, -0.25) is 9.59 Å². The minimum absolute atomic E-state index is 0.0262. The number of urea groups is 1. The van der Waals surface area contributed by atoms with Crippen LogP contribution in [0.1, 0.15) is 56.1 Å². The Balaban J connectivity index is 0.981. The summed E-state index contributed by atoms with van der Waals surface area (Å²) in [5, 5.41) is 14.2. The number of likely N-dealkylation sites (tertiary alicyclic amines) is 3. The van der Waals surface area contributed by atoms with Crippen LogP contribution in [-0.4, -0.2) is 112 Å².